The summed E-state index contributed by atoms with van der Waals surface area (Å²) in [7, 11) is 0. The Bertz CT molecular complexity index is 911. The number of aromatic hydroxyl groups is 1. The lowest BCUT2D eigenvalue weighted by Crippen LogP contribution is -2.20. The van der Waals surface area contributed by atoms with Crippen LogP contribution in [0.3, 0.4) is 0 Å². The minimum absolute atomic E-state index is 0.0522. The molecule has 112 valence electrons. The van der Waals surface area contributed by atoms with Crippen molar-refractivity contribution in [3.8, 4) is 11.6 Å². The molecule has 22 heavy (non-hydrogen) atoms. The average molecular weight is 294 g/mol. The van der Waals surface area contributed by atoms with Crippen molar-refractivity contribution in [2.75, 3.05) is 0 Å². The highest BCUT2D eigenvalue weighted by Gasteiger charge is 2.14. The molecule has 4 heteroatoms. The fourth-order valence-electron chi connectivity index (χ4n) is 2.73. The van der Waals surface area contributed by atoms with Gasteiger partial charge in [0.25, 0.3) is 5.56 Å². The summed E-state index contributed by atoms with van der Waals surface area (Å²) in [5.74, 6) is 0.233. The van der Waals surface area contributed by atoms with Crippen LogP contribution >= 0.6 is 0 Å². The lowest BCUT2D eigenvalue weighted by molar-refractivity contribution is 0.448. The van der Waals surface area contributed by atoms with E-state index in [2.05, 4.69) is 18.8 Å². The molecule has 2 aromatic heterocycles. The molecule has 0 amide bonds. The third-order valence-electron chi connectivity index (χ3n) is 3.99. The van der Waals surface area contributed by atoms with E-state index in [1.54, 1.807) is 17.6 Å². The molecule has 0 aliphatic rings. The molecule has 2 heterocycles. The maximum Gasteiger partial charge on any atom is 0.262 e. The van der Waals surface area contributed by atoms with E-state index in [0.29, 0.717) is 16.6 Å². The summed E-state index contributed by atoms with van der Waals surface area (Å²) < 4.78 is 1.61. The number of hydrogen-bond donors (Lipinski definition) is 1. The molecule has 0 fully saturated rings. The summed E-state index contributed by atoms with van der Waals surface area (Å²) in [5.41, 5.74) is 2.26. The molecule has 0 bridgehead atoms. The van der Waals surface area contributed by atoms with Crippen LogP contribution in [0, 0.1) is 6.92 Å². The van der Waals surface area contributed by atoms with Crippen LogP contribution < -0.4 is 5.56 Å². The number of hydrogen-bond acceptors (Lipinski definition) is 3. The number of rotatable bonds is 2. The predicted molar refractivity (Wildman–Crippen MR) is 87.8 cm³/mol. The molecule has 1 aromatic carbocycles. The molecule has 0 atom stereocenters. The first-order chi connectivity index (χ1) is 10.5. The van der Waals surface area contributed by atoms with E-state index in [1.165, 1.54) is 6.20 Å². The molecule has 0 radical (unpaired) electrons. The second-order valence-corrected chi connectivity index (χ2v) is 5.74. The van der Waals surface area contributed by atoms with Crippen molar-refractivity contribution in [2.24, 2.45) is 0 Å². The highest BCUT2D eigenvalue weighted by Crippen LogP contribution is 2.26. The van der Waals surface area contributed by atoms with Gasteiger partial charge >= 0.3 is 0 Å². The Hall–Kier alpha value is -2.62. The third-order valence-corrected chi connectivity index (χ3v) is 3.99. The highest BCUT2D eigenvalue weighted by molar-refractivity contribution is 5.85. The van der Waals surface area contributed by atoms with Crippen LogP contribution in [0.25, 0.3) is 16.5 Å². The van der Waals surface area contributed by atoms with Crippen molar-refractivity contribution in [1.29, 1.82) is 0 Å². The van der Waals surface area contributed by atoms with E-state index in [0.717, 1.165) is 10.9 Å². The zero-order valence-electron chi connectivity index (χ0n) is 12.9. The van der Waals surface area contributed by atoms with Crippen LogP contribution in [0.15, 0.2) is 47.5 Å². The number of nitrogens with zero attached hydrogens (tertiary/aromatic N) is 2. The van der Waals surface area contributed by atoms with Gasteiger partial charge in [0.1, 0.15) is 0 Å². The van der Waals surface area contributed by atoms with E-state index < -0.39 is 0 Å². The summed E-state index contributed by atoms with van der Waals surface area (Å²) in [4.78, 5) is 16.7. The topological polar surface area (TPSA) is 55.1 Å². The first-order valence-corrected chi connectivity index (χ1v) is 7.30. The lowest BCUT2D eigenvalue weighted by atomic mass is 9.98. The van der Waals surface area contributed by atoms with Crippen molar-refractivity contribution < 1.29 is 5.11 Å². The first kappa shape index (κ1) is 14.3. The zero-order chi connectivity index (χ0) is 15.9. The van der Waals surface area contributed by atoms with Crippen LogP contribution in [0.4, 0.5) is 0 Å². The summed E-state index contributed by atoms with van der Waals surface area (Å²) in [6.07, 6.45) is 3.38. The largest absolute Gasteiger partial charge is 0.493 e. The summed E-state index contributed by atoms with van der Waals surface area (Å²) in [5, 5.41) is 11.5. The SMILES string of the molecule is Cc1c(-n2cc(C(C)C)c3ccccc3c2=O)ccnc1O. The monoisotopic (exact) mass is 294 g/mol. The molecule has 0 saturated carbocycles. The Kier molecular flexibility index (Phi) is 3.45. The molecule has 0 unspecified atom stereocenters. The molecular formula is C18H18N2O2. The predicted octanol–water partition coefficient (Wildman–Crippen LogP) is 3.52. The third kappa shape index (κ3) is 2.17. The second kappa shape index (κ2) is 5.30. The van der Waals surface area contributed by atoms with E-state index in [-0.39, 0.29) is 17.4 Å². The Morgan fingerprint density at radius 3 is 2.50 bits per heavy atom. The first-order valence-electron chi connectivity index (χ1n) is 7.30. The summed E-state index contributed by atoms with van der Waals surface area (Å²) in [6, 6.07) is 9.38. The smallest absolute Gasteiger partial charge is 0.262 e. The van der Waals surface area contributed by atoms with E-state index in [9.17, 15) is 9.90 Å². The van der Waals surface area contributed by atoms with Crippen molar-refractivity contribution in [2.45, 2.75) is 26.7 Å². The molecule has 0 aliphatic carbocycles. The van der Waals surface area contributed by atoms with E-state index >= 15 is 0 Å². The minimum atomic E-state index is -0.0892. The van der Waals surface area contributed by atoms with Crippen molar-refractivity contribution in [1.82, 2.24) is 9.55 Å². The van der Waals surface area contributed by atoms with Gasteiger partial charge < -0.3 is 5.11 Å². The molecule has 4 nitrogen and oxygen atoms in total. The van der Waals surface area contributed by atoms with Gasteiger partial charge in [0.05, 0.1) is 5.69 Å². The van der Waals surface area contributed by atoms with Crippen LogP contribution in [-0.2, 0) is 0 Å². The lowest BCUT2D eigenvalue weighted by Gasteiger charge is -2.16. The van der Waals surface area contributed by atoms with Gasteiger partial charge in [-0.3, -0.25) is 9.36 Å². The summed E-state index contributed by atoms with van der Waals surface area (Å²) >= 11 is 0. The normalized spacial score (nSPS) is 11.3. The number of benzene rings is 1. The summed E-state index contributed by atoms with van der Waals surface area (Å²) in [6.45, 7) is 5.97. The maximum atomic E-state index is 12.8. The molecule has 0 aliphatic heterocycles. The Morgan fingerprint density at radius 2 is 1.82 bits per heavy atom. The van der Waals surface area contributed by atoms with Crippen molar-refractivity contribution in [3.05, 3.63) is 64.2 Å². The standard InChI is InChI=1S/C18H18N2O2/c1-11(2)15-10-20(16-8-9-19-17(21)12(16)3)18(22)14-7-5-4-6-13(14)15/h4-11H,1-3H3,(H,19,21). The molecule has 3 rings (SSSR count). The second-order valence-electron chi connectivity index (χ2n) is 5.74. The quantitative estimate of drug-likeness (QED) is 0.786. The average Bonchev–Trinajstić information content (AvgIpc) is 2.51. The fraction of sp³-hybridized carbons (Fsp3) is 0.222. The van der Waals surface area contributed by atoms with Gasteiger partial charge in [-0.05, 0) is 35.9 Å². The maximum absolute atomic E-state index is 12.8. The molecule has 0 spiro atoms. The van der Waals surface area contributed by atoms with Crippen LogP contribution in [0.5, 0.6) is 5.88 Å². The van der Waals surface area contributed by atoms with Gasteiger partial charge in [-0.25, -0.2) is 4.98 Å². The minimum Gasteiger partial charge on any atom is -0.493 e. The van der Waals surface area contributed by atoms with Crippen LogP contribution in [-0.4, -0.2) is 14.7 Å². The molecule has 0 saturated heterocycles. The number of aromatic nitrogens is 2. The molecule has 3 aromatic rings. The molecular weight excluding hydrogens is 276 g/mol. The van der Waals surface area contributed by atoms with Gasteiger partial charge in [-0.15, -0.1) is 0 Å². The fourth-order valence-corrected chi connectivity index (χ4v) is 2.73. The van der Waals surface area contributed by atoms with Crippen molar-refractivity contribution >= 4 is 10.8 Å². The van der Waals surface area contributed by atoms with E-state index in [4.69, 9.17) is 0 Å². The Morgan fingerprint density at radius 1 is 1.14 bits per heavy atom. The zero-order valence-corrected chi connectivity index (χ0v) is 12.9. The number of pyridine rings is 2. The number of fused-ring (bicyclic) bond motifs is 1. The van der Waals surface area contributed by atoms with Crippen LogP contribution in [0.1, 0.15) is 30.9 Å². The highest BCUT2D eigenvalue weighted by atomic mass is 16.3. The Labute approximate surface area is 128 Å². The van der Waals surface area contributed by atoms with Gasteiger partial charge in [0.2, 0.25) is 5.88 Å². The van der Waals surface area contributed by atoms with E-state index in [1.807, 2.05) is 30.5 Å². The Balaban J connectivity index is 2.43. The van der Waals surface area contributed by atoms with Gasteiger partial charge in [0, 0.05) is 23.3 Å². The molecule has 1 N–H and O–H groups in total. The van der Waals surface area contributed by atoms with Gasteiger partial charge in [-0.2, -0.15) is 0 Å². The van der Waals surface area contributed by atoms with Crippen molar-refractivity contribution in [3.63, 3.8) is 0 Å². The van der Waals surface area contributed by atoms with Gasteiger partial charge in [0.15, 0.2) is 0 Å². The van der Waals surface area contributed by atoms with Gasteiger partial charge in [-0.1, -0.05) is 32.0 Å². The van der Waals surface area contributed by atoms with Crippen LogP contribution in [0.2, 0.25) is 0 Å².